The molecule has 21 aliphatic rings. The molecule has 21 aliphatic heterocycles. The van der Waals surface area contributed by atoms with Crippen LogP contribution in [-0.2, 0) is 89.0 Å². The van der Waals surface area contributed by atoms with Crippen LogP contribution < -0.4 is 0 Å². The minimum absolute atomic E-state index is 0.0561. The van der Waals surface area contributed by atoms with Crippen molar-refractivity contribution in [3.63, 3.8) is 0 Å². The lowest BCUT2D eigenvalue weighted by Crippen LogP contribution is -2.68. The minimum Gasteiger partial charge on any atom is -0.456 e. The van der Waals surface area contributed by atoms with Crippen molar-refractivity contribution in [2.75, 3.05) is 39.6 Å². The average molecular weight is 1280 g/mol. The zero-order valence-corrected chi connectivity index (χ0v) is 46.5. The van der Waals surface area contributed by atoms with Crippen LogP contribution in [-0.4, -0.2) is 378 Å². The third-order valence-corrected chi connectivity index (χ3v) is 16.3. The van der Waals surface area contributed by atoms with E-state index in [2.05, 4.69) is 16.9 Å². The Morgan fingerprint density at radius 3 is 0.818 bits per heavy atom. The molecule has 0 aromatic carbocycles. The van der Waals surface area contributed by atoms with Crippen LogP contribution in [0.3, 0.4) is 0 Å². The van der Waals surface area contributed by atoms with Crippen molar-refractivity contribution >= 4 is 5.97 Å². The van der Waals surface area contributed by atoms with Gasteiger partial charge in [-0.2, -0.15) is 0 Å². The zero-order valence-electron chi connectivity index (χ0n) is 46.5. The predicted octanol–water partition coefficient (Wildman–Crippen LogP) is -14.3. The Bertz CT molecular complexity index is 2390. The predicted molar refractivity (Wildman–Crippen MR) is 266 cm³/mol. The van der Waals surface area contributed by atoms with Gasteiger partial charge in [0.15, 0.2) is 44.0 Å². The Morgan fingerprint density at radius 1 is 0.386 bits per heavy atom. The molecule has 504 valence electrons. The van der Waals surface area contributed by atoms with E-state index in [0.29, 0.717) is 0 Å². The molecule has 0 spiro atoms. The van der Waals surface area contributed by atoms with Crippen LogP contribution in [0.5, 0.6) is 0 Å². The Kier molecular flexibility index (Phi) is 23.3. The van der Waals surface area contributed by atoms with Gasteiger partial charge in [-0.15, -0.1) is 5.10 Å². The summed E-state index contributed by atoms with van der Waals surface area (Å²) in [5.74, 6) is -0.773. The summed E-state index contributed by atoms with van der Waals surface area (Å²) in [6.45, 7) is -2.48. The molecular weight excluding hydrogens is 1210 g/mol. The van der Waals surface area contributed by atoms with Crippen molar-refractivity contribution in [1.29, 1.82) is 0 Å². The molecule has 1 aromatic rings. The lowest BCUT2D eigenvalue weighted by Gasteiger charge is -2.50. The maximum absolute atomic E-state index is 12.1. The van der Waals surface area contributed by atoms with Gasteiger partial charge in [-0.1, -0.05) is 11.8 Å². The Morgan fingerprint density at radius 2 is 0.602 bits per heavy atom. The van der Waals surface area contributed by atoms with Crippen LogP contribution in [0.1, 0.15) is 12.6 Å². The van der Waals surface area contributed by atoms with E-state index in [1.54, 1.807) is 0 Å². The quantitative estimate of drug-likeness (QED) is 0.0723. The molecule has 22 heterocycles. The van der Waals surface area contributed by atoms with E-state index < -0.39 is 274 Å². The van der Waals surface area contributed by atoms with Crippen LogP contribution in [0, 0.1) is 0 Å². The second kappa shape index (κ2) is 29.5. The number of aliphatic hydroxyl groups excluding tert-OH is 20. The molecule has 35 atom stereocenters. The van der Waals surface area contributed by atoms with E-state index in [1.165, 1.54) is 13.1 Å². The summed E-state index contributed by atoms with van der Waals surface area (Å²) in [6, 6.07) is 0. The first-order valence-electron chi connectivity index (χ1n) is 27.9. The number of hydrogen-bond donors (Lipinski definition) is 20. The molecule has 0 radical (unpaired) electrons. The largest absolute Gasteiger partial charge is 0.456 e. The highest BCUT2D eigenvalue weighted by Crippen LogP contribution is 2.39. The minimum atomic E-state index is -2.26. The van der Waals surface area contributed by atoms with Crippen molar-refractivity contribution in [3.8, 4) is 0 Å². The summed E-state index contributed by atoms with van der Waals surface area (Å²) >= 11 is 0. The summed E-state index contributed by atoms with van der Waals surface area (Å²) in [5.41, 5.74) is 0.116. The van der Waals surface area contributed by atoms with Gasteiger partial charge < -0.3 is 173 Å². The van der Waals surface area contributed by atoms with E-state index in [1.807, 2.05) is 0 Å². The fourth-order valence-corrected chi connectivity index (χ4v) is 11.4. The SMILES string of the molecule is C=C(C)C(=O)OCc1cn(C[C@H]2O[C@@H]3O[C@H]4[C@H](O)[C@@H](O)[C@@H](O[C@H]5[C@H](O)[C@@H](O)[C@@H](O[C@H]6[C@H](O)[C@@H](O)[C@@H](O[C@H]7[C@H](O)[C@@H](O)[C@@H](O[C@H]8[C@H](O)[C@@H](O)[C@@H](O[C@H]9[C@H](O)[C@@H](O)[C@@H](O[C@H]2[C@H](O)[C@H]3O)O[C@@H]9CO)O[C@@H]8CO)O[C@@H]7CO)O[C@@H]6CO)O[C@@H]5CO)O[C@@H]4CO)nn1. The Labute approximate surface area is 496 Å². The number of nitrogens with zero attached hydrogens (tertiary/aromatic N) is 3. The molecule has 0 amide bonds. The number of carbonyl (C=O) groups excluding carboxylic acids is 1. The van der Waals surface area contributed by atoms with Gasteiger partial charge in [-0.3, -0.25) is 0 Å². The molecule has 39 nitrogen and oxygen atoms in total. The van der Waals surface area contributed by atoms with E-state index >= 15 is 0 Å². The Hall–Kier alpha value is -3.01. The van der Waals surface area contributed by atoms with Gasteiger partial charge in [0, 0.05) is 5.57 Å². The van der Waals surface area contributed by atoms with Crippen LogP contribution in [0.25, 0.3) is 0 Å². The maximum atomic E-state index is 12.1. The van der Waals surface area contributed by atoms with Gasteiger partial charge >= 0.3 is 5.97 Å². The van der Waals surface area contributed by atoms with Gasteiger partial charge in [-0.25, -0.2) is 9.48 Å². The van der Waals surface area contributed by atoms with Crippen LogP contribution in [0.4, 0.5) is 0 Å². The van der Waals surface area contributed by atoms with E-state index in [9.17, 15) is 107 Å². The highest BCUT2D eigenvalue weighted by atomic mass is 16.8. The Balaban J connectivity index is 1.02. The number of carbonyl (C=O) groups is 1. The van der Waals surface area contributed by atoms with Gasteiger partial charge in [0.05, 0.1) is 52.4 Å². The number of hydrogen-bond acceptors (Lipinski definition) is 38. The highest BCUT2D eigenvalue weighted by molar-refractivity contribution is 5.86. The highest BCUT2D eigenvalue weighted by Gasteiger charge is 2.59. The summed E-state index contributed by atoms with van der Waals surface area (Å²) in [6.07, 6.45) is -70.0. The zero-order chi connectivity index (χ0) is 63.9. The maximum Gasteiger partial charge on any atom is 0.333 e. The average Bonchev–Trinajstić information content (AvgIpc) is 1.42. The summed E-state index contributed by atoms with van der Waals surface area (Å²) < 4.78 is 87.4. The van der Waals surface area contributed by atoms with Gasteiger partial charge in [0.25, 0.3) is 0 Å². The molecule has 0 aliphatic carbocycles. The van der Waals surface area contributed by atoms with Crippen molar-refractivity contribution in [3.05, 3.63) is 24.0 Å². The molecule has 21 saturated heterocycles. The summed E-state index contributed by atoms with van der Waals surface area (Å²) in [5, 5.41) is 232. The van der Waals surface area contributed by atoms with Crippen LogP contribution in [0.15, 0.2) is 18.3 Å². The molecular formula is C49H77N3O36. The fraction of sp³-hybridized carbons (Fsp3) is 0.898. The molecule has 0 saturated carbocycles. The standard InChI is InChI=1S/C49H77N3O36/c1-12(2)42(73)74-11-13-3-52(51-50-13)4-14-35-21(59)28(66)43(75-14)83-36-15(5-53)77-45(30(68)23(36)61)85-38-17(7-55)79-47(32(70)25(38)63)87-40-19(9-57)81-49(34(72)27(40)65)88-41-20(10-58)80-48(33(71)26(41)64)86-39-18(8-56)78-46(31(69)24(39)62)84-37-16(6-54)76-44(82-35)29(67)22(37)60/h3,14-41,43-49,53-72H,1,4-11H2,2H3/t14-,15-,16-,17-,18-,19-,20-,21-,22-,23-,24-,25-,26-,27-,28-,29-,30-,31-,32-,33-,34-,35-,36-,37-,38-,39-,40-,41-,43-,44-,45-,46-,47-,48-,49-/m1/s1. The monoisotopic (exact) mass is 1280 g/mol. The summed E-state index contributed by atoms with van der Waals surface area (Å²) in [7, 11) is 0. The molecule has 14 bridgehead atoms. The number of ether oxygens (including phenoxy) is 15. The van der Waals surface area contributed by atoms with Crippen LogP contribution >= 0.6 is 0 Å². The van der Waals surface area contributed by atoms with Crippen molar-refractivity contribution < 1.29 is 178 Å². The summed E-state index contributed by atoms with van der Waals surface area (Å²) in [4.78, 5) is 12.1. The van der Waals surface area contributed by atoms with Crippen molar-refractivity contribution in [2.24, 2.45) is 0 Å². The van der Waals surface area contributed by atoms with Crippen LogP contribution in [0.2, 0.25) is 0 Å². The number of rotatable bonds is 11. The lowest BCUT2D eigenvalue weighted by molar-refractivity contribution is -0.396. The van der Waals surface area contributed by atoms with E-state index in [4.69, 9.17) is 71.1 Å². The number of esters is 1. The first kappa shape index (κ1) is 69.3. The second-order valence-electron chi connectivity index (χ2n) is 22.3. The molecule has 0 unspecified atom stereocenters. The number of aliphatic hydroxyl groups is 20. The topological polar surface area (TPSA) is 591 Å². The number of aromatic nitrogens is 3. The second-order valence-corrected chi connectivity index (χ2v) is 22.3. The lowest BCUT2D eigenvalue weighted by atomic mass is 9.95. The van der Waals surface area contributed by atoms with Gasteiger partial charge in [-0.05, 0) is 6.92 Å². The van der Waals surface area contributed by atoms with E-state index in [-0.39, 0.29) is 11.3 Å². The third kappa shape index (κ3) is 14.1. The van der Waals surface area contributed by atoms with Gasteiger partial charge in [0.2, 0.25) is 0 Å². The van der Waals surface area contributed by atoms with Crippen molar-refractivity contribution in [1.82, 2.24) is 15.0 Å². The first-order valence-corrected chi connectivity index (χ1v) is 27.9. The van der Waals surface area contributed by atoms with Gasteiger partial charge in [0.1, 0.15) is 183 Å². The molecule has 21 fully saturated rings. The van der Waals surface area contributed by atoms with E-state index in [0.717, 1.165) is 4.68 Å². The molecule has 20 N–H and O–H groups in total. The molecule has 88 heavy (non-hydrogen) atoms. The first-order chi connectivity index (χ1) is 41.9. The molecule has 1 aromatic heterocycles. The normalized spacial score (nSPS) is 49.8. The molecule has 22 rings (SSSR count). The third-order valence-electron chi connectivity index (χ3n) is 16.3. The smallest absolute Gasteiger partial charge is 0.333 e. The fourth-order valence-electron chi connectivity index (χ4n) is 11.4. The van der Waals surface area contributed by atoms with Crippen molar-refractivity contribution in [2.45, 2.75) is 235 Å². The molecule has 39 heteroatoms.